The number of carbonyl (C=O) groups excluding carboxylic acids is 1. The Hall–Kier alpha value is -2.32. The van der Waals surface area contributed by atoms with E-state index in [4.69, 9.17) is 16.4 Å². The van der Waals surface area contributed by atoms with Gasteiger partial charge < -0.3 is 9.40 Å². The van der Waals surface area contributed by atoms with Gasteiger partial charge in [0, 0.05) is 60.5 Å². The lowest BCUT2D eigenvalue weighted by Gasteiger charge is -2.33. The Morgan fingerprint density at radius 3 is 2.28 bits per heavy atom. The summed E-state index contributed by atoms with van der Waals surface area (Å²) in [7, 11) is 0. The van der Waals surface area contributed by atoms with E-state index in [0.29, 0.717) is 6.42 Å². The number of nitrogens with zero attached hydrogens (tertiary/aromatic N) is 3. The monoisotopic (exact) mass is 627 g/mol. The number of hydrogen-bond acceptors (Lipinski definition) is 5. The van der Waals surface area contributed by atoms with Crippen LogP contribution >= 0.6 is 39.3 Å². The SMILES string of the molecule is CCN(CC)C(C)(C)C(=O)ON=C(CCSc1ccc(Cl)cc1)c1ccc2c(c1)c1cc(Br)ccc1n2CC. The molecule has 39 heavy (non-hydrogen) atoms. The molecule has 5 nitrogen and oxygen atoms in total. The van der Waals surface area contributed by atoms with E-state index in [1.165, 1.54) is 16.4 Å². The fraction of sp³-hybridized carbons (Fsp3) is 0.355. The van der Waals surface area contributed by atoms with E-state index in [0.717, 1.165) is 56.4 Å². The molecule has 4 aromatic rings. The molecule has 1 heterocycles. The van der Waals surface area contributed by atoms with Gasteiger partial charge in [-0.1, -0.05) is 52.6 Å². The van der Waals surface area contributed by atoms with Gasteiger partial charge in [-0.15, -0.1) is 11.8 Å². The first kappa shape index (κ1) is 29.7. The number of thioether (sulfide) groups is 1. The molecule has 0 N–H and O–H groups in total. The predicted molar refractivity (Wildman–Crippen MR) is 169 cm³/mol. The number of oxime groups is 1. The van der Waals surface area contributed by atoms with Gasteiger partial charge in [-0.25, -0.2) is 4.79 Å². The van der Waals surface area contributed by atoms with E-state index in [9.17, 15) is 4.79 Å². The fourth-order valence-corrected chi connectivity index (χ4v) is 6.33. The second-order valence-corrected chi connectivity index (χ2v) is 12.4. The second-order valence-electron chi connectivity index (χ2n) is 9.84. The van der Waals surface area contributed by atoms with Crippen molar-refractivity contribution < 1.29 is 9.63 Å². The van der Waals surface area contributed by atoms with Crippen LogP contribution in [0.4, 0.5) is 0 Å². The highest BCUT2D eigenvalue weighted by atomic mass is 79.9. The van der Waals surface area contributed by atoms with Gasteiger partial charge in [0.05, 0.1) is 5.71 Å². The van der Waals surface area contributed by atoms with Crippen molar-refractivity contribution in [3.05, 3.63) is 75.7 Å². The van der Waals surface area contributed by atoms with Crippen LogP contribution in [0.15, 0.2) is 75.2 Å². The topological polar surface area (TPSA) is 46.8 Å². The predicted octanol–water partition coefficient (Wildman–Crippen LogP) is 8.78. The quantitative estimate of drug-likeness (QED) is 0.0721. The van der Waals surface area contributed by atoms with Crippen LogP contribution in [0.5, 0.6) is 0 Å². The Kier molecular flexibility index (Phi) is 9.81. The van der Waals surface area contributed by atoms with Crippen LogP contribution < -0.4 is 0 Å². The Labute approximate surface area is 248 Å². The standard InChI is InChI=1S/C31H35BrClN3O2S/c1-6-35(7-2)31(4,5)30(37)38-34-27(17-18-39-24-13-11-23(33)12-14-24)21-9-15-28-25(19-21)26-20-22(32)10-16-29(26)36(28)8-3/h9-16,19-20H,6-8,17-18H2,1-5H3. The van der Waals surface area contributed by atoms with Crippen molar-refractivity contribution in [3.63, 3.8) is 0 Å². The van der Waals surface area contributed by atoms with Crippen LogP contribution in [0.2, 0.25) is 5.02 Å². The molecular weight excluding hydrogens is 594 g/mol. The lowest BCUT2D eigenvalue weighted by atomic mass is 10.0. The zero-order valence-electron chi connectivity index (χ0n) is 23.1. The van der Waals surface area contributed by atoms with Crippen molar-refractivity contribution in [1.29, 1.82) is 0 Å². The third-order valence-electron chi connectivity index (χ3n) is 7.19. The summed E-state index contributed by atoms with van der Waals surface area (Å²) in [6.45, 7) is 12.4. The molecule has 0 aliphatic heterocycles. The molecule has 0 amide bonds. The summed E-state index contributed by atoms with van der Waals surface area (Å²) in [4.78, 5) is 22.0. The summed E-state index contributed by atoms with van der Waals surface area (Å²) in [6.07, 6.45) is 0.633. The molecule has 8 heteroatoms. The summed E-state index contributed by atoms with van der Waals surface area (Å²) in [6, 6.07) is 20.6. The maximum atomic E-state index is 13.2. The van der Waals surface area contributed by atoms with Crippen molar-refractivity contribution in [2.24, 2.45) is 5.16 Å². The number of benzene rings is 3. The lowest BCUT2D eigenvalue weighted by Crippen LogP contribution is -2.50. The fourth-order valence-electron chi connectivity index (χ4n) is 4.99. The largest absolute Gasteiger partial charge is 0.354 e. The molecule has 0 atom stereocenters. The molecule has 1 aromatic heterocycles. The van der Waals surface area contributed by atoms with Crippen LogP contribution in [0.1, 0.15) is 46.6 Å². The number of likely N-dealkylation sites (N-methyl/N-ethyl adjacent to an activating group) is 1. The minimum atomic E-state index is -0.777. The first-order valence-electron chi connectivity index (χ1n) is 13.3. The molecule has 0 bridgehead atoms. The number of hydrogen-bond donors (Lipinski definition) is 0. The molecule has 3 aromatic carbocycles. The van der Waals surface area contributed by atoms with Gasteiger partial charge in [-0.2, -0.15) is 0 Å². The number of halogens is 2. The number of aryl methyl sites for hydroxylation is 1. The average molecular weight is 629 g/mol. The van der Waals surface area contributed by atoms with Crippen LogP contribution in [-0.4, -0.2) is 45.5 Å². The Balaban J connectivity index is 1.69. The summed E-state index contributed by atoms with van der Waals surface area (Å²) >= 11 is 11.4. The van der Waals surface area contributed by atoms with Crippen molar-refractivity contribution >= 4 is 72.8 Å². The van der Waals surface area contributed by atoms with Gasteiger partial charge >= 0.3 is 5.97 Å². The molecule has 4 rings (SSSR count). The number of fused-ring (bicyclic) bond motifs is 3. The number of rotatable bonds is 11. The maximum absolute atomic E-state index is 13.2. The van der Waals surface area contributed by atoms with Gasteiger partial charge in [0.25, 0.3) is 0 Å². The minimum Gasteiger partial charge on any atom is -0.341 e. The first-order valence-corrected chi connectivity index (χ1v) is 15.5. The highest BCUT2D eigenvalue weighted by Gasteiger charge is 2.35. The van der Waals surface area contributed by atoms with E-state index in [1.807, 2.05) is 52.0 Å². The number of aromatic nitrogens is 1. The molecule has 0 spiro atoms. The van der Waals surface area contributed by atoms with Gasteiger partial charge in [-0.3, -0.25) is 4.90 Å². The van der Waals surface area contributed by atoms with Gasteiger partial charge in [-0.05, 0) is 88.5 Å². The molecule has 0 unspecified atom stereocenters. The zero-order chi connectivity index (χ0) is 28.2. The van der Waals surface area contributed by atoms with Crippen LogP contribution in [0, 0.1) is 0 Å². The summed E-state index contributed by atoms with van der Waals surface area (Å²) in [5.41, 5.74) is 3.28. The molecule has 0 saturated heterocycles. The van der Waals surface area contributed by atoms with Gasteiger partial charge in [0.1, 0.15) is 5.54 Å². The molecule has 0 radical (unpaired) electrons. The van der Waals surface area contributed by atoms with E-state index in [2.05, 4.69) is 73.9 Å². The minimum absolute atomic E-state index is 0.360. The molecule has 0 aliphatic carbocycles. The average Bonchev–Trinajstić information content (AvgIpc) is 3.23. The third kappa shape index (κ3) is 6.54. The molecule has 0 aliphatic rings. The molecule has 206 valence electrons. The highest BCUT2D eigenvalue weighted by molar-refractivity contribution is 9.10. The Morgan fingerprint density at radius 2 is 1.64 bits per heavy atom. The van der Waals surface area contributed by atoms with Crippen molar-refractivity contribution in [2.75, 3.05) is 18.8 Å². The summed E-state index contributed by atoms with van der Waals surface area (Å²) in [5, 5.41) is 7.53. The second kappa shape index (κ2) is 12.9. The Bertz CT molecular complexity index is 1490. The van der Waals surface area contributed by atoms with Crippen molar-refractivity contribution in [3.8, 4) is 0 Å². The van der Waals surface area contributed by atoms with E-state index < -0.39 is 5.54 Å². The maximum Gasteiger partial charge on any atom is 0.354 e. The van der Waals surface area contributed by atoms with Crippen LogP contribution in [-0.2, 0) is 16.2 Å². The van der Waals surface area contributed by atoms with Crippen molar-refractivity contribution in [2.45, 2.75) is 58.0 Å². The third-order valence-corrected chi connectivity index (χ3v) is 8.95. The molecule has 0 fully saturated rings. The highest BCUT2D eigenvalue weighted by Crippen LogP contribution is 2.32. The van der Waals surface area contributed by atoms with E-state index >= 15 is 0 Å². The Morgan fingerprint density at radius 1 is 1.00 bits per heavy atom. The lowest BCUT2D eigenvalue weighted by molar-refractivity contribution is -0.156. The van der Waals surface area contributed by atoms with Gasteiger partial charge in [0.15, 0.2) is 0 Å². The van der Waals surface area contributed by atoms with Crippen LogP contribution in [0.3, 0.4) is 0 Å². The van der Waals surface area contributed by atoms with E-state index in [1.54, 1.807) is 11.8 Å². The first-order chi connectivity index (χ1) is 18.7. The molecular formula is C31H35BrClN3O2S. The van der Waals surface area contributed by atoms with E-state index in [-0.39, 0.29) is 5.97 Å². The number of carbonyl (C=O) groups is 1. The summed E-state index contributed by atoms with van der Waals surface area (Å²) < 4.78 is 3.36. The molecule has 0 saturated carbocycles. The van der Waals surface area contributed by atoms with Gasteiger partial charge in [0.2, 0.25) is 0 Å². The van der Waals surface area contributed by atoms with Crippen molar-refractivity contribution in [1.82, 2.24) is 9.47 Å². The van der Waals surface area contributed by atoms with Crippen LogP contribution in [0.25, 0.3) is 21.8 Å². The zero-order valence-corrected chi connectivity index (χ0v) is 26.3. The normalized spacial score (nSPS) is 12.6. The smallest absolute Gasteiger partial charge is 0.341 e. The summed E-state index contributed by atoms with van der Waals surface area (Å²) in [5.74, 6) is 0.416.